The van der Waals surface area contributed by atoms with Crippen LogP contribution < -0.4 is 4.90 Å². The van der Waals surface area contributed by atoms with Crippen molar-refractivity contribution in [3.63, 3.8) is 0 Å². The molecule has 0 spiro atoms. The summed E-state index contributed by atoms with van der Waals surface area (Å²) in [4.78, 5) is 58.4. The second-order valence-corrected chi connectivity index (χ2v) is 12.4. The average Bonchev–Trinajstić information content (AvgIpc) is 3.63. The second-order valence-electron chi connectivity index (χ2n) is 12.0. The minimum absolute atomic E-state index is 0.155. The van der Waals surface area contributed by atoms with Crippen LogP contribution in [0.5, 0.6) is 0 Å². The standard InChI is InChI=1S/C33H28ClFN2O6/c1-33-23(30(40)37(32(33)42)18-7-11-25(35)24(34)13-18)14-22-20(28(33)26-12-8-19(16-38)43-26)9-10-21-27(22)31(41)36(29(21)39)15-17-5-3-2-4-6-17/h2-9,11-13,21-23,27-28,38H,10,14-16H2,1H3. The number of allylic oxidation sites excluding steroid dienone is 2. The number of hydrogen-bond acceptors (Lipinski definition) is 6. The summed E-state index contributed by atoms with van der Waals surface area (Å²) in [5.41, 5.74) is 0.457. The number of benzene rings is 2. The van der Waals surface area contributed by atoms with Crippen molar-refractivity contribution < 1.29 is 33.1 Å². The Kier molecular flexibility index (Phi) is 6.45. The largest absolute Gasteiger partial charge is 0.463 e. The molecule has 0 bridgehead atoms. The van der Waals surface area contributed by atoms with E-state index in [0.29, 0.717) is 17.9 Å². The number of amides is 4. The van der Waals surface area contributed by atoms with Crippen molar-refractivity contribution in [3.05, 3.63) is 100 Å². The van der Waals surface area contributed by atoms with E-state index < -0.39 is 52.6 Å². The first-order chi connectivity index (χ1) is 20.6. The molecule has 1 aromatic heterocycles. The van der Waals surface area contributed by atoms with Crippen molar-refractivity contribution in [3.8, 4) is 0 Å². The van der Waals surface area contributed by atoms with Gasteiger partial charge in [-0.25, -0.2) is 9.29 Å². The Balaban J connectivity index is 1.32. The highest BCUT2D eigenvalue weighted by Gasteiger charge is 2.68. The molecule has 8 nitrogen and oxygen atoms in total. The highest BCUT2D eigenvalue weighted by Crippen LogP contribution is 2.63. The summed E-state index contributed by atoms with van der Waals surface area (Å²) in [6, 6.07) is 16.3. The Morgan fingerprint density at radius 3 is 2.47 bits per heavy atom. The number of carbonyl (C=O) groups is 4. The van der Waals surface area contributed by atoms with Crippen molar-refractivity contribution in [1.29, 1.82) is 0 Å². The van der Waals surface area contributed by atoms with Crippen molar-refractivity contribution in [2.24, 2.45) is 29.1 Å². The van der Waals surface area contributed by atoms with Gasteiger partial charge in [-0.3, -0.25) is 24.1 Å². The van der Waals surface area contributed by atoms with Crippen LogP contribution in [0.1, 0.15) is 42.8 Å². The smallest absolute Gasteiger partial charge is 0.241 e. The molecule has 43 heavy (non-hydrogen) atoms. The zero-order valence-corrected chi connectivity index (χ0v) is 24.0. The van der Waals surface area contributed by atoms with E-state index >= 15 is 0 Å². The fraction of sp³-hybridized carbons (Fsp3) is 0.333. The zero-order chi connectivity index (χ0) is 30.2. The summed E-state index contributed by atoms with van der Waals surface area (Å²) in [6.07, 6.45) is 2.43. The minimum atomic E-state index is -1.31. The lowest BCUT2D eigenvalue weighted by molar-refractivity contribution is -0.141. The third-order valence-electron chi connectivity index (χ3n) is 9.83. The molecule has 3 heterocycles. The van der Waals surface area contributed by atoms with E-state index in [0.717, 1.165) is 22.1 Å². The van der Waals surface area contributed by atoms with Gasteiger partial charge in [0.15, 0.2) is 0 Å². The maximum atomic E-state index is 14.3. The van der Waals surface area contributed by atoms with Crippen LogP contribution in [-0.2, 0) is 32.3 Å². The summed E-state index contributed by atoms with van der Waals surface area (Å²) in [7, 11) is 0. The number of halogens is 2. The molecule has 4 aliphatic rings. The number of imide groups is 2. The maximum Gasteiger partial charge on any atom is 0.241 e. The molecule has 6 unspecified atom stereocenters. The quantitative estimate of drug-likeness (QED) is 0.325. The van der Waals surface area contributed by atoms with Crippen molar-refractivity contribution in [2.75, 3.05) is 4.90 Å². The Labute approximate surface area is 251 Å². The monoisotopic (exact) mass is 602 g/mol. The topological polar surface area (TPSA) is 108 Å². The normalized spacial score (nSPS) is 30.0. The number of aliphatic hydroxyl groups is 1. The van der Waals surface area contributed by atoms with E-state index in [-0.39, 0.29) is 42.1 Å². The third-order valence-corrected chi connectivity index (χ3v) is 10.1. The predicted octanol–water partition coefficient (Wildman–Crippen LogP) is 5.00. The Hall–Kier alpha value is -4.08. The fourth-order valence-electron chi connectivity index (χ4n) is 7.81. The van der Waals surface area contributed by atoms with Gasteiger partial charge in [-0.1, -0.05) is 53.6 Å². The van der Waals surface area contributed by atoms with Gasteiger partial charge < -0.3 is 9.52 Å². The third kappa shape index (κ3) is 3.98. The molecular formula is C33H28ClFN2O6. The Morgan fingerprint density at radius 1 is 1.00 bits per heavy atom. The molecular weight excluding hydrogens is 575 g/mol. The molecule has 2 aliphatic heterocycles. The molecule has 10 heteroatoms. The first-order valence-electron chi connectivity index (χ1n) is 14.3. The van der Waals surface area contributed by atoms with Gasteiger partial charge in [0.1, 0.15) is 23.9 Å². The molecule has 3 fully saturated rings. The number of furan rings is 1. The zero-order valence-electron chi connectivity index (χ0n) is 23.2. The molecule has 0 radical (unpaired) electrons. The summed E-state index contributed by atoms with van der Waals surface area (Å²) in [5.74, 6) is -4.82. The van der Waals surface area contributed by atoms with Crippen LogP contribution >= 0.6 is 11.6 Å². The Bertz CT molecular complexity index is 1720. The van der Waals surface area contributed by atoms with Gasteiger partial charge in [0.25, 0.3) is 0 Å². The number of nitrogens with zero attached hydrogens (tertiary/aromatic N) is 2. The van der Waals surface area contributed by atoms with Gasteiger partial charge in [0.05, 0.1) is 46.3 Å². The highest BCUT2D eigenvalue weighted by molar-refractivity contribution is 6.31. The lowest BCUT2D eigenvalue weighted by Gasteiger charge is -2.48. The van der Waals surface area contributed by atoms with Crippen LogP contribution in [0.4, 0.5) is 10.1 Å². The van der Waals surface area contributed by atoms with Crippen LogP contribution in [-0.4, -0.2) is 33.6 Å². The van der Waals surface area contributed by atoms with Gasteiger partial charge in [0, 0.05) is 0 Å². The molecule has 6 atom stereocenters. The molecule has 2 aliphatic carbocycles. The summed E-state index contributed by atoms with van der Waals surface area (Å²) in [5, 5.41) is 9.51. The van der Waals surface area contributed by atoms with E-state index in [1.54, 1.807) is 19.1 Å². The van der Waals surface area contributed by atoms with Gasteiger partial charge >= 0.3 is 0 Å². The number of likely N-dealkylation sites (tertiary alicyclic amines) is 1. The Morgan fingerprint density at radius 2 is 1.77 bits per heavy atom. The van der Waals surface area contributed by atoms with E-state index in [9.17, 15) is 28.7 Å². The molecule has 220 valence electrons. The number of carbonyl (C=O) groups excluding carboxylic acids is 4. The minimum Gasteiger partial charge on any atom is -0.463 e. The fourth-order valence-corrected chi connectivity index (χ4v) is 7.98. The molecule has 7 rings (SSSR count). The first kappa shape index (κ1) is 27.7. The number of rotatable bonds is 5. The average molecular weight is 603 g/mol. The van der Waals surface area contributed by atoms with E-state index in [1.807, 2.05) is 36.4 Å². The molecule has 2 saturated heterocycles. The van der Waals surface area contributed by atoms with E-state index in [4.69, 9.17) is 16.0 Å². The first-order valence-corrected chi connectivity index (χ1v) is 14.6. The van der Waals surface area contributed by atoms with Gasteiger partial charge in [-0.15, -0.1) is 0 Å². The van der Waals surface area contributed by atoms with Crippen molar-refractivity contribution in [1.82, 2.24) is 4.90 Å². The molecule has 1 saturated carbocycles. The van der Waals surface area contributed by atoms with Crippen molar-refractivity contribution in [2.45, 2.75) is 38.8 Å². The van der Waals surface area contributed by atoms with E-state index in [1.165, 1.54) is 17.0 Å². The van der Waals surface area contributed by atoms with Gasteiger partial charge in [-0.05, 0) is 61.6 Å². The van der Waals surface area contributed by atoms with Crippen LogP contribution in [0.15, 0.2) is 76.7 Å². The lowest BCUT2D eigenvalue weighted by atomic mass is 9.52. The number of aliphatic hydroxyl groups excluding tert-OH is 1. The van der Waals surface area contributed by atoms with Gasteiger partial charge in [-0.2, -0.15) is 0 Å². The summed E-state index contributed by atoms with van der Waals surface area (Å²) in [6.45, 7) is 1.53. The molecule has 1 N–H and O–H groups in total. The van der Waals surface area contributed by atoms with E-state index in [2.05, 4.69) is 0 Å². The lowest BCUT2D eigenvalue weighted by Crippen LogP contribution is -2.48. The van der Waals surface area contributed by atoms with Crippen molar-refractivity contribution >= 4 is 40.9 Å². The van der Waals surface area contributed by atoms with Crippen LogP contribution in [0.2, 0.25) is 5.02 Å². The maximum absolute atomic E-state index is 14.3. The van der Waals surface area contributed by atoms with Crippen LogP contribution in [0.3, 0.4) is 0 Å². The molecule has 2 aromatic carbocycles. The second kappa shape index (κ2) is 9.99. The summed E-state index contributed by atoms with van der Waals surface area (Å²) < 4.78 is 20.0. The number of anilines is 1. The summed E-state index contributed by atoms with van der Waals surface area (Å²) >= 11 is 6.03. The van der Waals surface area contributed by atoms with Crippen LogP contribution in [0.25, 0.3) is 0 Å². The SMILES string of the molecule is CC12C(=O)N(c3ccc(F)c(Cl)c3)C(=O)C1CC1C(=CCC3C(=O)N(Cc4ccccc4)C(=O)C31)C2c1ccc(CO)o1. The number of hydrogen-bond donors (Lipinski definition) is 1. The van der Waals surface area contributed by atoms with Crippen LogP contribution in [0, 0.1) is 34.9 Å². The predicted molar refractivity (Wildman–Crippen MR) is 153 cm³/mol. The highest BCUT2D eigenvalue weighted by atomic mass is 35.5. The van der Waals surface area contributed by atoms with Gasteiger partial charge in [0.2, 0.25) is 23.6 Å². The molecule has 3 aromatic rings. The molecule has 4 amide bonds. The number of fused-ring (bicyclic) bond motifs is 4.